The molecule has 0 saturated carbocycles. The first kappa shape index (κ1) is 17.1. The van der Waals surface area contributed by atoms with Crippen LogP contribution in [0.5, 0.6) is 5.75 Å². The Morgan fingerprint density at radius 2 is 1.92 bits per heavy atom. The van der Waals surface area contributed by atoms with Crippen LogP contribution in [0.4, 0.5) is 10.7 Å². The van der Waals surface area contributed by atoms with E-state index < -0.39 is 12.1 Å². The van der Waals surface area contributed by atoms with Gasteiger partial charge in [0.2, 0.25) is 5.88 Å². The van der Waals surface area contributed by atoms with Crippen LogP contribution in [0.3, 0.4) is 0 Å². The molecule has 2 rings (SSSR count). The minimum Gasteiger partial charge on any atom is -0.444 e. The lowest BCUT2D eigenvalue weighted by molar-refractivity contribution is 0.102. The van der Waals surface area contributed by atoms with Gasteiger partial charge in [0.1, 0.15) is 23.1 Å². The number of nitrogens with one attached hydrogen (secondary N) is 1. The number of furan rings is 1. The monoisotopic (exact) mass is 328 g/mol. The van der Waals surface area contributed by atoms with Crippen molar-refractivity contribution >= 4 is 17.9 Å². The Labute approximate surface area is 138 Å². The minimum atomic E-state index is -0.810. The van der Waals surface area contributed by atoms with Crippen LogP contribution in [-0.2, 0) is 4.74 Å². The first-order valence-corrected chi connectivity index (χ1v) is 7.22. The number of amides is 1. The maximum Gasteiger partial charge on any atom is 0.513 e. The Hall–Kier alpha value is -3.27. The van der Waals surface area contributed by atoms with Crippen LogP contribution >= 0.6 is 0 Å². The van der Waals surface area contributed by atoms with Crippen molar-refractivity contribution in [3.8, 4) is 11.8 Å². The number of nitriles is 1. The summed E-state index contributed by atoms with van der Waals surface area (Å²) in [5.41, 5.74) is 1.30. The first-order valence-electron chi connectivity index (χ1n) is 7.22. The molecule has 1 aromatic carbocycles. The largest absolute Gasteiger partial charge is 0.513 e. The van der Waals surface area contributed by atoms with Crippen LogP contribution in [0.1, 0.15) is 34.2 Å². The van der Waals surface area contributed by atoms with Gasteiger partial charge in [-0.3, -0.25) is 10.1 Å². The molecule has 0 aliphatic heterocycles. The lowest BCUT2D eigenvalue weighted by Gasteiger charge is -2.06. The molecule has 1 aromatic heterocycles. The smallest absolute Gasteiger partial charge is 0.444 e. The van der Waals surface area contributed by atoms with Crippen molar-refractivity contribution in [2.45, 2.75) is 20.8 Å². The molecule has 0 radical (unpaired) electrons. The standard InChI is InChI=1S/C17H16N2O5/c1-4-22-17(21)24-13-7-5-12(6-8-13)15(20)19-16-14(9-18)10(2)11(3)23-16/h5-8H,4H2,1-3H3,(H,19,20). The third kappa shape index (κ3) is 3.73. The molecule has 0 aliphatic rings. The molecule has 7 nitrogen and oxygen atoms in total. The van der Waals surface area contributed by atoms with E-state index in [-0.39, 0.29) is 18.2 Å². The number of carbonyl (C=O) groups excluding carboxylic acids is 2. The summed E-state index contributed by atoms with van der Waals surface area (Å²) in [6, 6.07) is 7.91. The van der Waals surface area contributed by atoms with Crippen LogP contribution < -0.4 is 10.1 Å². The fourth-order valence-corrected chi connectivity index (χ4v) is 1.94. The summed E-state index contributed by atoms with van der Waals surface area (Å²) in [6.45, 7) is 5.34. The maximum atomic E-state index is 12.2. The van der Waals surface area contributed by atoms with Gasteiger partial charge in [0, 0.05) is 11.1 Å². The van der Waals surface area contributed by atoms with Gasteiger partial charge in [-0.15, -0.1) is 0 Å². The zero-order valence-electron chi connectivity index (χ0n) is 13.5. The highest BCUT2D eigenvalue weighted by Gasteiger charge is 2.17. The summed E-state index contributed by atoms with van der Waals surface area (Å²) < 4.78 is 15.0. The van der Waals surface area contributed by atoms with E-state index in [4.69, 9.17) is 14.4 Å². The third-order valence-electron chi connectivity index (χ3n) is 3.30. The molecule has 0 unspecified atom stereocenters. The van der Waals surface area contributed by atoms with Crippen molar-refractivity contribution in [2.75, 3.05) is 11.9 Å². The van der Waals surface area contributed by atoms with Crippen LogP contribution in [0.2, 0.25) is 0 Å². The zero-order chi connectivity index (χ0) is 17.7. The van der Waals surface area contributed by atoms with Crippen molar-refractivity contribution in [1.29, 1.82) is 5.26 Å². The van der Waals surface area contributed by atoms with E-state index in [1.165, 1.54) is 24.3 Å². The topological polar surface area (TPSA) is 102 Å². The Kier molecular flexibility index (Phi) is 5.22. The number of hydrogen-bond donors (Lipinski definition) is 1. The molecule has 1 heterocycles. The van der Waals surface area contributed by atoms with Gasteiger partial charge in [0.15, 0.2) is 0 Å². The Morgan fingerprint density at radius 3 is 2.50 bits per heavy atom. The number of anilines is 1. The lowest BCUT2D eigenvalue weighted by atomic mass is 10.1. The van der Waals surface area contributed by atoms with Gasteiger partial charge in [-0.1, -0.05) is 0 Å². The molecule has 7 heteroatoms. The van der Waals surface area contributed by atoms with Crippen LogP contribution in [-0.4, -0.2) is 18.7 Å². The van der Waals surface area contributed by atoms with Gasteiger partial charge < -0.3 is 13.9 Å². The number of nitrogens with zero attached hydrogens (tertiary/aromatic N) is 1. The lowest BCUT2D eigenvalue weighted by Crippen LogP contribution is -2.13. The summed E-state index contributed by atoms with van der Waals surface area (Å²) in [4.78, 5) is 23.4. The fourth-order valence-electron chi connectivity index (χ4n) is 1.94. The van der Waals surface area contributed by atoms with Gasteiger partial charge in [-0.05, 0) is 45.0 Å². The van der Waals surface area contributed by atoms with Gasteiger partial charge in [-0.25, -0.2) is 4.79 Å². The van der Waals surface area contributed by atoms with Gasteiger partial charge >= 0.3 is 6.16 Å². The van der Waals surface area contributed by atoms with E-state index in [0.717, 1.165) is 0 Å². The molecule has 0 atom stereocenters. The number of hydrogen-bond acceptors (Lipinski definition) is 6. The average Bonchev–Trinajstić information content (AvgIpc) is 2.82. The molecule has 0 bridgehead atoms. The fraction of sp³-hybridized carbons (Fsp3) is 0.235. The second kappa shape index (κ2) is 7.33. The average molecular weight is 328 g/mol. The van der Waals surface area contributed by atoms with Crippen molar-refractivity contribution in [3.63, 3.8) is 0 Å². The molecular weight excluding hydrogens is 312 g/mol. The van der Waals surface area contributed by atoms with Gasteiger partial charge in [0.25, 0.3) is 5.91 Å². The van der Waals surface area contributed by atoms with Crippen molar-refractivity contribution in [3.05, 3.63) is 46.7 Å². The van der Waals surface area contributed by atoms with E-state index in [1.54, 1.807) is 20.8 Å². The Morgan fingerprint density at radius 1 is 1.25 bits per heavy atom. The minimum absolute atomic E-state index is 0.115. The quantitative estimate of drug-likeness (QED) is 0.680. The molecule has 0 spiro atoms. The van der Waals surface area contributed by atoms with E-state index in [1.807, 2.05) is 6.07 Å². The second-order valence-electron chi connectivity index (χ2n) is 4.86. The maximum absolute atomic E-state index is 12.2. The van der Waals surface area contributed by atoms with E-state index in [0.29, 0.717) is 22.5 Å². The van der Waals surface area contributed by atoms with Gasteiger partial charge in [0.05, 0.1) is 6.61 Å². The normalized spacial score (nSPS) is 9.92. The molecule has 1 N–H and O–H groups in total. The summed E-state index contributed by atoms with van der Waals surface area (Å²) in [6.07, 6.45) is -0.810. The predicted octanol–water partition coefficient (Wildman–Crippen LogP) is 3.56. The molecule has 0 fully saturated rings. The molecule has 24 heavy (non-hydrogen) atoms. The van der Waals surface area contributed by atoms with E-state index >= 15 is 0 Å². The highest BCUT2D eigenvalue weighted by molar-refractivity contribution is 6.04. The highest BCUT2D eigenvalue weighted by atomic mass is 16.7. The van der Waals surface area contributed by atoms with Gasteiger partial charge in [-0.2, -0.15) is 5.26 Å². The van der Waals surface area contributed by atoms with E-state index in [9.17, 15) is 9.59 Å². The number of ether oxygens (including phenoxy) is 2. The summed E-state index contributed by atoms with van der Waals surface area (Å²) in [5, 5.41) is 11.7. The SMILES string of the molecule is CCOC(=O)Oc1ccc(C(=O)Nc2oc(C)c(C)c2C#N)cc1. The summed E-state index contributed by atoms with van der Waals surface area (Å²) in [5.74, 6) is 0.500. The zero-order valence-corrected chi connectivity index (χ0v) is 13.5. The molecule has 1 amide bonds. The molecule has 2 aromatic rings. The Bertz CT molecular complexity index is 800. The number of rotatable bonds is 4. The molecular formula is C17H16N2O5. The number of carbonyl (C=O) groups is 2. The summed E-state index contributed by atoms with van der Waals surface area (Å²) >= 11 is 0. The summed E-state index contributed by atoms with van der Waals surface area (Å²) in [7, 11) is 0. The predicted molar refractivity (Wildman–Crippen MR) is 84.9 cm³/mol. The molecule has 124 valence electrons. The van der Waals surface area contributed by atoms with E-state index in [2.05, 4.69) is 10.1 Å². The molecule has 0 saturated heterocycles. The highest BCUT2D eigenvalue weighted by Crippen LogP contribution is 2.26. The Balaban J connectivity index is 2.10. The van der Waals surface area contributed by atoms with Crippen molar-refractivity contribution < 1.29 is 23.5 Å². The van der Waals surface area contributed by atoms with Crippen molar-refractivity contribution in [2.24, 2.45) is 0 Å². The van der Waals surface area contributed by atoms with Crippen molar-refractivity contribution in [1.82, 2.24) is 0 Å². The van der Waals surface area contributed by atoms with Crippen LogP contribution in [0, 0.1) is 25.2 Å². The molecule has 0 aliphatic carbocycles. The van der Waals surface area contributed by atoms with Crippen LogP contribution in [0.15, 0.2) is 28.7 Å². The third-order valence-corrected chi connectivity index (χ3v) is 3.30. The second-order valence-corrected chi connectivity index (χ2v) is 4.86. The number of aryl methyl sites for hydroxylation is 1. The number of benzene rings is 1. The first-order chi connectivity index (χ1) is 11.5. The van der Waals surface area contributed by atoms with Crippen LogP contribution in [0.25, 0.3) is 0 Å².